The number of hydrogen-bond acceptors (Lipinski definition) is 3. The molecule has 0 atom stereocenters. The zero-order valence-electron chi connectivity index (χ0n) is 12.6. The molecule has 1 heterocycles. The van der Waals surface area contributed by atoms with Gasteiger partial charge in [-0.1, -0.05) is 0 Å². The van der Waals surface area contributed by atoms with Gasteiger partial charge >= 0.3 is 0 Å². The third kappa shape index (κ3) is 5.72. The number of rotatable bonds is 3. The summed E-state index contributed by atoms with van der Waals surface area (Å²) in [4.78, 5) is 18.1. The van der Waals surface area contributed by atoms with E-state index in [-0.39, 0.29) is 23.2 Å². The molecule has 110 valence electrons. The first-order valence-electron chi connectivity index (χ1n) is 6.73. The van der Waals surface area contributed by atoms with Crippen LogP contribution in [0.25, 0.3) is 0 Å². The van der Waals surface area contributed by atoms with Gasteiger partial charge in [0.05, 0.1) is 6.54 Å². The Balaban J connectivity index is 2.48. The maximum Gasteiger partial charge on any atom is 0.239 e. The largest absolute Gasteiger partial charge is 0.352 e. The predicted octanol–water partition coefficient (Wildman–Crippen LogP) is 0.914. The molecule has 0 aromatic rings. The topological polar surface area (TPSA) is 56.7 Å². The zero-order chi connectivity index (χ0) is 14.5. The summed E-state index contributed by atoms with van der Waals surface area (Å²) in [5.41, 5.74) is 0. The lowest BCUT2D eigenvalue weighted by Gasteiger charge is -2.39. The Bertz CT molecular complexity index is 342. The number of nitrogens with one attached hydrogen (secondary N) is 2. The lowest BCUT2D eigenvalue weighted by Crippen LogP contribution is -2.52. The Morgan fingerprint density at radius 1 is 1.47 bits per heavy atom. The fraction of sp³-hybridized carbons (Fsp3) is 0.846. The molecule has 0 aromatic heterocycles. The Kier molecular flexibility index (Phi) is 5.97. The van der Waals surface area contributed by atoms with E-state index in [2.05, 4.69) is 34.4 Å². The standard InChI is InChI=1S/C13H26N4OS/c1-10(2)16-11(18)8-15-12(14-5)17-6-7-19-13(3,4)9-17/h10H,6-9H2,1-5H3,(H,14,15)(H,16,18). The normalized spacial score (nSPS) is 19.5. The minimum Gasteiger partial charge on any atom is -0.352 e. The maximum atomic E-state index is 11.6. The molecule has 0 bridgehead atoms. The third-order valence-corrected chi connectivity index (χ3v) is 4.09. The number of thioether (sulfide) groups is 1. The number of carbonyl (C=O) groups excluding carboxylic acids is 1. The Labute approximate surface area is 120 Å². The van der Waals surface area contributed by atoms with Crippen LogP contribution in [0.3, 0.4) is 0 Å². The van der Waals surface area contributed by atoms with Crippen molar-refractivity contribution < 1.29 is 4.79 Å². The van der Waals surface area contributed by atoms with Crippen LogP contribution < -0.4 is 10.6 Å². The van der Waals surface area contributed by atoms with E-state index in [4.69, 9.17) is 0 Å². The fourth-order valence-corrected chi connectivity index (χ4v) is 3.17. The minimum absolute atomic E-state index is 0.00166. The van der Waals surface area contributed by atoms with Crippen molar-refractivity contribution in [2.75, 3.05) is 32.4 Å². The van der Waals surface area contributed by atoms with Crippen LogP contribution in [0.15, 0.2) is 4.99 Å². The van der Waals surface area contributed by atoms with E-state index in [1.165, 1.54) is 0 Å². The van der Waals surface area contributed by atoms with Crippen LogP contribution in [-0.2, 0) is 4.79 Å². The van der Waals surface area contributed by atoms with Crippen molar-refractivity contribution in [3.05, 3.63) is 0 Å². The van der Waals surface area contributed by atoms with Gasteiger partial charge in [-0.25, -0.2) is 0 Å². The quantitative estimate of drug-likeness (QED) is 0.598. The molecule has 0 spiro atoms. The highest BCUT2D eigenvalue weighted by Crippen LogP contribution is 2.29. The van der Waals surface area contributed by atoms with Gasteiger partial charge in [-0.2, -0.15) is 11.8 Å². The van der Waals surface area contributed by atoms with Gasteiger partial charge in [-0.3, -0.25) is 9.79 Å². The molecule has 2 N–H and O–H groups in total. The van der Waals surface area contributed by atoms with Crippen LogP contribution >= 0.6 is 11.8 Å². The summed E-state index contributed by atoms with van der Waals surface area (Å²) >= 11 is 1.98. The molecule has 1 saturated heterocycles. The Hall–Kier alpha value is -0.910. The summed E-state index contributed by atoms with van der Waals surface area (Å²) in [5.74, 6) is 1.90. The molecule has 19 heavy (non-hydrogen) atoms. The highest BCUT2D eigenvalue weighted by molar-refractivity contribution is 8.00. The first-order valence-corrected chi connectivity index (χ1v) is 7.71. The van der Waals surface area contributed by atoms with E-state index in [1.54, 1.807) is 7.05 Å². The second-order valence-corrected chi connectivity index (χ2v) is 7.45. The van der Waals surface area contributed by atoms with Crippen molar-refractivity contribution in [1.82, 2.24) is 15.5 Å². The fourth-order valence-electron chi connectivity index (χ4n) is 2.06. The number of amides is 1. The van der Waals surface area contributed by atoms with E-state index in [9.17, 15) is 4.79 Å². The molecule has 5 nitrogen and oxygen atoms in total. The average molecular weight is 286 g/mol. The Morgan fingerprint density at radius 2 is 2.16 bits per heavy atom. The van der Waals surface area contributed by atoms with Gasteiger partial charge < -0.3 is 15.5 Å². The van der Waals surface area contributed by atoms with Gasteiger partial charge in [-0.15, -0.1) is 0 Å². The van der Waals surface area contributed by atoms with Gasteiger partial charge in [0, 0.05) is 36.7 Å². The molecule has 1 rings (SSSR count). The summed E-state index contributed by atoms with van der Waals surface area (Å²) in [7, 11) is 1.76. The van der Waals surface area contributed by atoms with Gasteiger partial charge in [0.25, 0.3) is 0 Å². The van der Waals surface area contributed by atoms with Crippen molar-refractivity contribution in [1.29, 1.82) is 0 Å². The van der Waals surface area contributed by atoms with Gasteiger partial charge in [0.2, 0.25) is 5.91 Å². The molecule has 1 amide bonds. The van der Waals surface area contributed by atoms with E-state index in [0.717, 1.165) is 24.8 Å². The minimum atomic E-state index is 0.00166. The molecule has 0 aliphatic carbocycles. The first kappa shape index (κ1) is 16.1. The van der Waals surface area contributed by atoms with Crippen LogP contribution in [-0.4, -0.2) is 60.0 Å². The van der Waals surface area contributed by atoms with E-state index in [1.807, 2.05) is 25.6 Å². The summed E-state index contributed by atoms with van der Waals surface area (Å²) in [6.45, 7) is 10.6. The first-order chi connectivity index (χ1) is 8.84. The molecular weight excluding hydrogens is 260 g/mol. The zero-order valence-corrected chi connectivity index (χ0v) is 13.4. The second-order valence-electron chi connectivity index (χ2n) is 5.65. The van der Waals surface area contributed by atoms with Crippen molar-refractivity contribution in [2.45, 2.75) is 38.5 Å². The van der Waals surface area contributed by atoms with Gasteiger partial charge in [0.15, 0.2) is 5.96 Å². The number of nitrogens with zero attached hydrogens (tertiary/aromatic N) is 2. The molecule has 0 unspecified atom stereocenters. The Morgan fingerprint density at radius 3 is 2.68 bits per heavy atom. The summed E-state index contributed by atoms with van der Waals surface area (Å²) in [6.07, 6.45) is 0. The van der Waals surface area contributed by atoms with E-state index >= 15 is 0 Å². The smallest absolute Gasteiger partial charge is 0.239 e. The second kappa shape index (κ2) is 7.03. The third-order valence-electron chi connectivity index (χ3n) is 2.79. The highest BCUT2D eigenvalue weighted by atomic mass is 32.2. The summed E-state index contributed by atoms with van der Waals surface area (Å²) in [6, 6.07) is 0.168. The van der Waals surface area contributed by atoms with Crippen LogP contribution in [0.4, 0.5) is 0 Å². The molecule has 6 heteroatoms. The van der Waals surface area contributed by atoms with E-state index in [0.29, 0.717) is 0 Å². The highest BCUT2D eigenvalue weighted by Gasteiger charge is 2.28. The van der Waals surface area contributed by atoms with Crippen LogP contribution in [0.1, 0.15) is 27.7 Å². The van der Waals surface area contributed by atoms with Crippen LogP contribution in [0.2, 0.25) is 0 Å². The number of aliphatic imine (C=N–C) groups is 1. The van der Waals surface area contributed by atoms with Crippen molar-refractivity contribution in [3.63, 3.8) is 0 Å². The van der Waals surface area contributed by atoms with Crippen molar-refractivity contribution >= 4 is 23.6 Å². The van der Waals surface area contributed by atoms with Crippen molar-refractivity contribution in [2.24, 2.45) is 4.99 Å². The molecule has 1 aliphatic heterocycles. The predicted molar refractivity (Wildman–Crippen MR) is 82.8 cm³/mol. The van der Waals surface area contributed by atoms with Gasteiger partial charge in [-0.05, 0) is 27.7 Å². The number of guanidine groups is 1. The number of carbonyl (C=O) groups is 1. The summed E-state index contributed by atoms with van der Waals surface area (Å²) in [5, 5.41) is 6.00. The molecule has 0 saturated carbocycles. The van der Waals surface area contributed by atoms with Crippen LogP contribution in [0.5, 0.6) is 0 Å². The van der Waals surface area contributed by atoms with Crippen LogP contribution in [0, 0.1) is 0 Å². The monoisotopic (exact) mass is 286 g/mol. The molecule has 1 aliphatic rings. The lowest BCUT2D eigenvalue weighted by molar-refractivity contribution is -0.120. The van der Waals surface area contributed by atoms with Gasteiger partial charge in [0.1, 0.15) is 0 Å². The molecule has 1 fully saturated rings. The SMILES string of the molecule is CN=C(NCC(=O)NC(C)C)N1CCSC(C)(C)C1. The molecular formula is C13H26N4OS. The lowest BCUT2D eigenvalue weighted by atomic mass is 10.2. The summed E-state index contributed by atoms with van der Waals surface area (Å²) < 4.78 is 0.232. The van der Waals surface area contributed by atoms with E-state index < -0.39 is 0 Å². The number of hydrogen-bond donors (Lipinski definition) is 2. The average Bonchev–Trinajstić information content (AvgIpc) is 2.27. The molecule has 0 aromatic carbocycles. The van der Waals surface area contributed by atoms with Crippen molar-refractivity contribution in [3.8, 4) is 0 Å². The molecule has 0 radical (unpaired) electrons. The maximum absolute atomic E-state index is 11.6.